The van der Waals surface area contributed by atoms with E-state index in [0.29, 0.717) is 5.56 Å². The number of phenolic OH excluding ortho intramolecular Hbond substituents is 1. The molecule has 0 spiro atoms. The number of nitro groups is 1. The maximum Gasteiger partial charge on any atom is 0.311 e. The van der Waals surface area contributed by atoms with Crippen LogP contribution in [0.25, 0.3) is 0 Å². The van der Waals surface area contributed by atoms with Gasteiger partial charge in [0.15, 0.2) is 11.9 Å². The second-order valence-corrected chi connectivity index (χ2v) is 7.84. The van der Waals surface area contributed by atoms with E-state index in [4.69, 9.17) is 16.7 Å². The zero-order valence-corrected chi connectivity index (χ0v) is 16.9. The van der Waals surface area contributed by atoms with Gasteiger partial charge in [0, 0.05) is 17.2 Å². The van der Waals surface area contributed by atoms with Gasteiger partial charge >= 0.3 is 5.69 Å². The minimum absolute atomic E-state index is 0.0285. The smallest absolute Gasteiger partial charge is 0.311 e. The number of nitrogen functional groups attached to an aromatic ring is 2. The van der Waals surface area contributed by atoms with Crippen molar-refractivity contribution < 1.29 is 10.0 Å². The van der Waals surface area contributed by atoms with E-state index in [2.05, 4.69) is 20.6 Å². The van der Waals surface area contributed by atoms with Crippen LogP contribution in [0.15, 0.2) is 17.1 Å². The lowest BCUT2D eigenvalue weighted by Crippen LogP contribution is -2.33. The highest BCUT2D eigenvalue weighted by Gasteiger charge is 2.34. The summed E-state index contributed by atoms with van der Waals surface area (Å²) in [7, 11) is 0. The van der Waals surface area contributed by atoms with E-state index in [1.807, 2.05) is 26.8 Å². The molecule has 2 aromatic rings. The molecule has 3 rings (SSSR count). The number of pyridine rings is 1. The summed E-state index contributed by atoms with van der Waals surface area (Å²) in [4.78, 5) is 19.4. The maximum absolute atomic E-state index is 11.6. The quantitative estimate of drug-likeness (QED) is 0.206. The Morgan fingerprint density at radius 3 is 2.55 bits per heavy atom. The number of rotatable bonds is 2. The topological polar surface area (TPSA) is 212 Å². The van der Waals surface area contributed by atoms with Crippen molar-refractivity contribution in [3.05, 3.63) is 44.5 Å². The van der Waals surface area contributed by atoms with Crippen LogP contribution < -0.4 is 22.1 Å². The molecule has 0 fully saturated rings. The molecule has 0 radical (unpaired) electrons. The Hall–Kier alpha value is -4.58. The van der Waals surface area contributed by atoms with E-state index in [1.54, 1.807) is 12.3 Å². The van der Waals surface area contributed by atoms with Crippen molar-refractivity contribution >= 4 is 29.0 Å². The molecule has 2 heterocycles. The monoisotopic (exact) mass is 421 g/mol. The predicted octanol–water partition coefficient (Wildman–Crippen LogP) is 1.97. The van der Waals surface area contributed by atoms with Crippen molar-refractivity contribution in [1.82, 2.24) is 10.3 Å². The number of benzene rings is 1. The van der Waals surface area contributed by atoms with E-state index < -0.39 is 27.8 Å². The van der Waals surface area contributed by atoms with Gasteiger partial charge in [-0.05, 0) is 17.0 Å². The number of guanidine groups is 1. The Morgan fingerprint density at radius 1 is 1.32 bits per heavy atom. The molecule has 1 atom stereocenters. The van der Waals surface area contributed by atoms with Gasteiger partial charge in [-0.25, -0.2) is 9.98 Å². The van der Waals surface area contributed by atoms with E-state index in [1.165, 1.54) is 6.07 Å². The first-order valence-corrected chi connectivity index (χ1v) is 9.00. The van der Waals surface area contributed by atoms with Gasteiger partial charge in [-0.2, -0.15) is 10.5 Å². The van der Waals surface area contributed by atoms with Crippen LogP contribution in [-0.2, 0) is 5.41 Å². The standard InChI is InChI=1S/C19H19N9O3/c1-19(2,3)8-4-9(15(29)11(5-8)28(30)31)14-12-13(22)10(6-20)16(23)26-17(12)27-18(25-14)24-7-21/h4-5,14,29H,1-3H3,(H6,22,23,24,25,26,27). The molecule has 1 aliphatic rings. The number of hydrogen-bond acceptors (Lipinski definition) is 11. The fourth-order valence-corrected chi connectivity index (χ4v) is 3.23. The Balaban J connectivity index is 2.40. The van der Waals surface area contributed by atoms with Crippen LogP contribution in [-0.4, -0.2) is 21.0 Å². The van der Waals surface area contributed by atoms with Gasteiger partial charge in [0.25, 0.3) is 0 Å². The summed E-state index contributed by atoms with van der Waals surface area (Å²) in [5.74, 6) is -0.665. The molecule has 1 aromatic carbocycles. The second kappa shape index (κ2) is 7.35. The predicted molar refractivity (Wildman–Crippen MR) is 113 cm³/mol. The van der Waals surface area contributed by atoms with Crippen LogP contribution in [0.2, 0.25) is 0 Å². The zero-order chi connectivity index (χ0) is 23.1. The second-order valence-electron chi connectivity index (χ2n) is 7.84. The molecule has 1 unspecified atom stereocenters. The molecule has 0 bridgehead atoms. The van der Waals surface area contributed by atoms with Crippen LogP contribution in [0.1, 0.15) is 49.1 Å². The number of aromatic hydroxyl groups is 1. The zero-order valence-electron chi connectivity index (χ0n) is 16.9. The van der Waals surface area contributed by atoms with E-state index in [9.17, 15) is 20.5 Å². The number of phenols is 1. The summed E-state index contributed by atoms with van der Waals surface area (Å²) in [5.41, 5.74) is 11.7. The van der Waals surface area contributed by atoms with Gasteiger partial charge in [-0.15, -0.1) is 0 Å². The maximum atomic E-state index is 11.6. The highest BCUT2D eigenvalue weighted by atomic mass is 16.6. The lowest BCUT2D eigenvalue weighted by Gasteiger charge is -2.28. The fraction of sp³-hybridized carbons (Fsp3) is 0.263. The highest BCUT2D eigenvalue weighted by molar-refractivity contribution is 5.98. The van der Waals surface area contributed by atoms with Crippen LogP contribution in [0.4, 0.5) is 23.0 Å². The van der Waals surface area contributed by atoms with E-state index in [-0.39, 0.29) is 40.0 Å². The SMILES string of the molecule is CC(C)(C)c1cc(C2N=C(NC#N)Nc3nc(N)c(C#N)c(N)c32)c(O)c([N+](=O)[O-])c1. The molecule has 0 aliphatic carbocycles. The summed E-state index contributed by atoms with van der Waals surface area (Å²) in [6.07, 6.45) is 1.72. The molecule has 0 saturated heterocycles. The third kappa shape index (κ3) is 3.58. The highest BCUT2D eigenvalue weighted by Crippen LogP contribution is 2.46. The van der Waals surface area contributed by atoms with Gasteiger partial charge < -0.3 is 21.9 Å². The van der Waals surface area contributed by atoms with Crippen molar-refractivity contribution in [2.45, 2.75) is 32.2 Å². The van der Waals surface area contributed by atoms with Gasteiger partial charge in [0.05, 0.1) is 10.6 Å². The number of nitro benzene ring substituents is 1. The molecule has 0 amide bonds. The Morgan fingerprint density at radius 2 is 2.00 bits per heavy atom. The number of aliphatic imine (C=N–C) groups is 1. The van der Waals surface area contributed by atoms with Crippen molar-refractivity contribution in [3.63, 3.8) is 0 Å². The van der Waals surface area contributed by atoms with Crippen molar-refractivity contribution in [3.8, 4) is 18.0 Å². The fourth-order valence-electron chi connectivity index (χ4n) is 3.23. The van der Waals surface area contributed by atoms with Gasteiger partial charge in [-0.1, -0.05) is 20.8 Å². The first kappa shape index (κ1) is 21.1. The molecule has 12 nitrogen and oxygen atoms in total. The summed E-state index contributed by atoms with van der Waals surface area (Å²) in [5, 5.41) is 45.9. The molecule has 31 heavy (non-hydrogen) atoms. The normalized spacial score (nSPS) is 15.0. The number of hydrogen-bond donors (Lipinski definition) is 5. The Labute approximate surface area is 177 Å². The third-order valence-electron chi connectivity index (χ3n) is 4.83. The van der Waals surface area contributed by atoms with Crippen LogP contribution in [0.5, 0.6) is 5.75 Å². The summed E-state index contributed by atoms with van der Waals surface area (Å²) in [6, 6.07) is 3.65. The summed E-state index contributed by atoms with van der Waals surface area (Å²) >= 11 is 0. The van der Waals surface area contributed by atoms with Crippen molar-refractivity contribution in [2.75, 3.05) is 16.8 Å². The number of nitrogens with two attached hydrogens (primary N) is 2. The van der Waals surface area contributed by atoms with Crippen molar-refractivity contribution in [2.24, 2.45) is 4.99 Å². The van der Waals surface area contributed by atoms with Gasteiger partial charge in [0.1, 0.15) is 29.3 Å². The first-order valence-electron chi connectivity index (χ1n) is 9.00. The number of anilines is 3. The minimum atomic E-state index is -1.10. The van der Waals surface area contributed by atoms with E-state index >= 15 is 0 Å². The van der Waals surface area contributed by atoms with E-state index in [0.717, 1.165) is 0 Å². The van der Waals surface area contributed by atoms with Crippen LogP contribution >= 0.6 is 0 Å². The lowest BCUT2D eigenvalue weighted by molar-refractivity contribution is -0.386. The number of nitriles is 2. The summed E-state index contributed by atoms with van der Waals surface area (Å²) in [6.45, 7) is 5.58. The largest absolute Gasteiger partial charge is 0.502 e. The molecule has 7 N–H and O–H groups in total. The number of nitrogens with zero attached hydrogens (tertiary/aromatic N) is 5. The summed E-state index contributed by atoms with van der Waals surface area (Å²) < 4.78 is 0. The molecule has 0 saturated carbocycles. The molecule has 1 aliphatic heterocycles. The molecule has 12 heteroatoms. The molecular weight excluding hydrogens is 402 g/mol. The molecular formula is C19H19N9O3. The first-order chi connectivity index (χ1) is 14.5. The average molecular weight is 421 g/mol. The van der Waals surface area contributed by atoms with Crippen molar-refractivity contribution in [1.29, 1.82) is 10.5 Å². The average Bonchev–Trinajstić information content (AvgIpc) is 2.66. The molecule has 158 valence electrons. The van der Waals surface area contributed by atoms with Gasteiger partial charge in [0.2, 0.25) is 5.96 Å². The molecule has 1 aromatic heterocycles. The van der Waals surface area contributed by atoms with Crippen LogP contribution in [0, 0.1) is 32.9 Å². The number of nitrogens with one attached hydrogen (secondary N) is 2. The minimum Gasteiger partial charge on any atom is -0.502 e. The lowest BCUT2D eigenvalue weighted by atomic mass is 9.83. The number of fused-ring (bicyclic) bond motifs is 1. The van der Waals surface area contributed by atoms with Gasteiger partial charge in [-0.3, -0.25) is 15.4 Å². The third-order valence-corrected chi connectivity index (χ3v) is 4.83. The number of aromatic nitrogens is 1. The Kier molecular flexibility index (Phi) is 5.01. The van der Waals surface area contributed by atoms with Crippen LogP contribution in [0.3, 0.4) is 0 Å². The Bertz CT molecular complexity index is 1220.